The van der Waals surface area contributed by atoms with E-state index in [0.29, 0.717) is 0 Å². The third-order valence-electron chi connectivity index (χ3n) is 4.54. The number of benzene rings is 1. The molecule has 1 unspecified atom stereocenters. The van der Waals surface area contributed by atoms with E-state index in [4.69, 9.17) is 0 Å². The quantitative estimate of drug-likeness (QED) is 0.855. The van der Waals surface area contributed by atoms with Gasteiger partial charge >= 0.3 is 0 Å². The van der Waals surface area contributed by atoms with Gasteiger partial charge in [-0.15, -0.1) is 0 Å². The number of rotatable bonds is 6. The summed E-state index contributed by atoms with van der Waals surface area (Å²) < 4.78 is 0. The minimum absolute atomic E-state index is 0.180. The topological polar surface area (TPSA) is 61.3 Å². The molecule has 2 aromatic rings. The number of hydrogen-bond acceptors (Lipinski definition) is 5. The first kappa shape index (κ1) is 16.7. The zero-order valence-electron chi connectivity index (χ0n) is 14.5. The van der Waals surface area contributed by atoms with Crippen LogP contribution in [0.3, 0.4) is 0 Å². The maximum atomic E-state index is 9.48. The molecule has 2 heterocycles. The first-order valence-electron chi connectivity index (χ1n) is 8.66. The zero-order chi connectivity index (χ0) is 16.9. The molecular formula is C19H26N4O. The molecule has 5 heteroatoms. The highest BCUT2D eigenvalue weighted by Crippen LogP contribution is 2.24. The molecule has 128 valence electrons. The molecule has 1 aliphatic heterocycles. The molecular weight excluding hydrogens is 300 g/mol. The Morgan fingerprint density at radius 1 is 1.17 bits per heavy atom. The summed E-state index contributed by atoms with van der Waals surface area (Å²) in [7, 11) is 0. The lowest BCUT2D eigenvalue weighted by Crippen LogP contribution is -2.32. The summed E-state index contributed by atoms with van der Waals surface area (Å²) in [6, 6.07) is 8.83. The van der Waals surface area contributed by atoms with Crippen LogP contribution >= 0.6 is 0 Å². The first-order chi connectivity index (χ1) is 11.7. The van der Waals surface area contributed by atoms with E-state index in [1.165, 1.54) is 16.7 Å². The molecule has 0 radical (unpaired) electrons. The van der Waals surface area contributed by atoms with Crippen LogP contribution in [0, 0.1) is 13.8 Å². The number of aliphatic hydroxyl groups is 1. The molecule has 1 aliphatic rings. The van der Waals surface area contributed by atoms with Gasteiger partial charge in [-0.1, -0.05) is 29.3 Å². The molecule has 1 saturated heterocycles. The van der Waals surface area contributed by atoms with Gasteiger partial charge in [-0.25, -0.2) is 9.97 Å². The van der Waals surface area contributed by atoms with E-state index in [9.17, 15) is 5.11 Å². The molecule has 24 heavy (non-hydrogen) atoms. The van der Waals surface area contributed by atoms with Gasteiger partial charge in [-0.05, 0) is 38.7 Å². The van der Waals surface area contributed by atoms with Crippen LogP contribution in [-0.4, -0.2) is 40.8 Å². The van der Waals surface area contributed by atoms with Gasteiger partial charge < -0.3 is 15.3 Å². The number of nitrogens with zero attached hydrogens (tertiary/aromatic N) is 3. The number of aryl methyl sites for hydroxylation is 2. The Kier molecular flexibility index (Phi) is 5.30. The monoisotopic (exact) mass is 326 g/mol. The van der Waals surface area contributed by atoms with Crippen LogP contribution in [0.4, 0.5) is 11.6 Å². The maximum absolute atomic E-state index is 9.48. The summed E-state index contributed by atoms with van der Waals surface area (Å²) in [5.74, 6) is 1.74. The molecule has 5 nitrogen and oxygen atoms in total. The van der Waals surface area contributed by atoms with Crippen molar-refractivity contribution in [2.75, 3.05) is 29.9 Å². The van der Waals surface area contributed by atoms with Crippen LogP contribution in [0.25, 0.3) is 0 Å². The largest absolute Gasteiger partial charge is 0.394 e. The Morgan fingerprint density at radius 3 is 2.71 bits per heavy atom. The second-order valence-electron chi connectivity index (χ2n) is 6.61. The zero-order valence-corrected chi connectivity index (χ0v) is 14.5. The lowest BCUT2D eigenvalue weighted by atomic mass is 10.1. The van der Waals surface area contributed by atoms with Gasteiger partial charge in [0.05, 0.1) is 12.6 Å². The van der Waals surface area contributed by atoms with E-state index in [1.807, 2.05) is 6.07 Å². The van der Waals surface area contributed by atoms with Crippen molar-refractivity contribution < 1.29 is 5.11 Å². The van der Waals surface area contributed by atoms with Crippen LogP contribution in [0.5, 0.6) is 0 Å². The van der Waals surface area contributed by atoms with Gasteiger partial charge in [0.15, 0.2) is 0 Å². The molecule has 1 aromatic carbocycles. The number of aromatic nitrogens is 2. The minimum atomic E-state index is 0.180. The Bertz CT molecular complexity index is 669. The van der Waals surface area contributed by atoms with Crippen molar-refractivity contribution in [1.82, 2.24) is 9.97 Å². The van der Waals surface area contributed by atoms with Crippen molar-refractivity contribution >= 4 is 11.6 Å². The predicted octanol–water partition coefficient (Wildman–Crippen LogP) is 2.71. The molecule has 2 N–H and O–H groups in total. The fourth-order valence-electron chi connectivity index (χ4n) is 3.48. The summed E-state index contributed by atoms with van der Waals surface area (Å²) >= 11 is 0. The Morgan fingerprint density at radius 2 is 1.96 bits per heavy atom. The third kappa shape index (κ3) is 4.03. The molecule has 1 aromatic heterocycles. The van der Waals surface area contributed by atoms with Gasteiger partial charge in [0.2, 0.25) is 0 Å². The molecule has 0 spiro atoms. The highest BCUT2D eigenvalue weighted by atomic mass is 16.3. The minimum Gasteiger partial charge on any atom is -0.394 e. The summed E-state index contributed by atoms with van der Waals surface area (Å²) in [4.78, 5) is 10.9. The van der Waals surface area contributed by atoms with Crippen LogP contribution in [0.15, 0.2) is 30.6 Å². The molecule has 0 amide bonds. The van der Waals surface area contributed by atoms with Crippen molar-refractivity contribution in [3.63, 3.8) is 0 Å². The van der Waals surface area contributed by atoms with Crippen LogP contribution in [-0.2, 0) is 6.42 Å². The van der Waals surface area contributed by atoms with Gasteiger partial charge in [-0.2, -0.15) is 0 Å². The number of aliphatic hydroxyl groups excluding tert-OH is 1. The summed E-state index contributed by atoms with van der Waals surface area (Å²) in [6.45, 7) is 6.23. The maximum Gasteiger partial charge on any atom is 0.134 e. The summed E-state index contributed by atoms with van der Waals surface area (Å²) in [6.07, 6.45) is 4.69. The summed E-state index contributed by atoms with van der Waals surface area (Å²) in [5.41, 5.74) is 3.95. The van der Waals surface area contributed by atoms with E-state index in [0.717, 1.165) is 44.0 Å². The van der Waals surface area contributed by atoms with E-state index in [2.05, 4.69) is 52.2 Å². The highest BCUT2D eigenvalue weighted by molar-refractivity contribution is 5.50. The predicted molar refractivity (Wildman–Crippen MR) is 97.6 cm³/mol. The van der Waals surface area contributed by atoms with Gasteiger partial charge in [0, 0.05) is 19.2 Å². The van der Waals surface area contributed by atoms with E-state index >= 15 is 0 Å². The second kappa shape index (κ2) is 7.62. The SMILES string of the molecule is Cc1cc(C)cc(CCNc2cc(N3CCCC3CO)ncn2)c1. The Labute approximate surface area is 143 Å². The van der Waals surface area contributed by atoms with Gasteiger partial charge in [0.1, 0.15) is 18.0 Å². The average molecular weight is 326 g/mol. The molecule has 0 saturated carbocycles. The summed E-state index contributed by atoms with van der Waals surface area (Å²) in [5, 5.41) is 12.9. The Hall–Kier alpha value is -2.14. The normalized spacial score (nSPS) is 17.3. The number of anilines is 2. The van der Waals surface area contributed by atoms with Crippen molar-refractivity contribution in [3.8, 4) is 0 Å². The molecule has 3 rings (SSSR count). The highest BCUT2D eigenvalue weighted by Gasteiger charge is 2.25. The average Bonchev–Trinajstić information content (AvgIpc) is 3.03. The molecule has 1 fully saturated rings. The van der Waals surface area contributed by atoms with Crippen LogP contribution in [0.2, 0.25) is 0 Å². The van der Waals surface area contributed by atoms with Crippen molar-refractivity contribution in [2.45, 2.75) is 39.2 Å². The van der Waals surface area contributed by atoms with E-state index < -0.39 is 0 Å². The standard InChI is InChI=1S/C19H26N4O/c1-14-8-15(2)10-16(9-14)5-6-20-18-11-19(22-13-21-18)23-7-3-4-17(23)12-24/h8-11,13,17,24H,3-7,12H2,1-2H3,(H,20,21,22). The number of hydrogen-bond donors (Lipinski definition) is 2. The van der Waals surface area contributed by atoms with Crippen molar-refractivity contribution in [1.29, 1.82) is 0 Å². The van der Waals surface area contributed by atoms with Crippen LogP contribution < -0.4 is 10.2 Å². The van der Waals surface area contributed by atoms with Gasteiger partial charge in [-0.3, -0.25) is 0 Å². The van der Waals surface area contributed by atoms with Crippen molar-refractivity contribution in [3.05, 3.63) is 47.3 Å². The molecule has 0 aliphatic carbocycles. The molecule has 0 bridgehead atoms. The second-order valence-corrected chi connectivity index (χ2v) is 6.61. The van der Waals surface area contributed by atoms with E-state index in [1.54, 1.807) is 6.33 Å². The van der Waals surface area contributed by atoms with Crippen LogP contribution in [0.1, 0.15) is 29.5 Å². The lowest BCUT2D eigenvalue weighted by Gasteiger charge is -2.24. The fourth-order valence-corrected chi connectivity index (χ4v) is 3.48. The molecule has 1 atom stereocenters. The van der Waals surface area contributed by atoms with E-state index in [-0.39, 0.29) is 12.6 Å². The van der Waals surface area contributed by atoms with Crippen molar-refractivity contribution in [2.24, 2.45) is 0 Å². The lowest BCUT2D eigenvalue weighted by molar-refractivity contribution is 0.266. The number of nitrogens with one attached hydrogen (secondary N) is 1. The first-order valence-corrected chi connectivity index (χ1v) is 8.66. The fraction of sp³-hybridized carbons (Fsp3) is 0.474. The smallest absolute Gasteiger partial charge is 0.134 e. The third-order valence-corrected chi connectivity index (χ3v) is 4.54. The Balaban J connectivity index is 1.60. The van der Waals surface area contributed by atoms with Gasteiger partial charge in [0.25, 0.3) is 0 Å².